The average Bonchev–Trinajstić information content (AvgIpc) is 2.85. The van der Waals surface area contributed by atoms with Crippen molar-refractivity contribution in [2.75, 3.05) is 43.5 Å². The number of piperidine rings is 1. The fourth-order valence-corrected chi connectivity index (χ4v) is 3.71. The highest BCUT2D eigenvalue weighted by molar-refractivity contribution is 5.87. The number of hydrogen-bond acceptors (Lipinski definition) is 6. The highest BCUT2D eigenvalue weighted by Crippen LogP contribution is 2.24. The Bertz CT molecular complexity index is 894. The summed E-state index contributed by atoms with van der Waals surface area (Å²) < 4.78 is 16.8. The molecule has 1 aliphatic heterocycles. The van der Waals surface area contributed by atoms with Crippen LogP contribution in [-0.4, -0.2) is 56.0 Å². The quantitative estimate of drug-likeness (QED) is 0.367. The molecule has 1 saturated heterocycles. The summed E-state index contributed by atoms with van der Waals surface area (Å²) in [5.41, 5.74) is 1.18. The molecule has 1 heterocycles. The van der Waals surface area contributed by atoms with Crippen LogP contribution in [-0.2, 0) is 9.47 Å². The molecular weight excluding hydrogens is 470 g/mol. The number of rotatable bonds is 11. The number of benzene rings is 2. The van der Waals surface area contributed by atoms with Gasteiger partial charge in [0.05, 0.1) is 12.3 Å². The molecule has 0 saturated carbocycles. The zero-order chi connectivity index (χ0) is 24.0. The predicted molar refractivity (Wildman–Crippen MR) is 140 cm³/mol. The van der Waals surface area contributed by atoms with Crippen molar-refractivity contribution in [3.63, 3.8) is 0 Å². The number of unbranched alkanes of at least 4 members (excludes halogenated alkanes) is 1. The lowest BCUT2D eigenvalue weighted by Crippen LogP contribution is -2.41. The van der Waals surface area contributed by atoms with Crippen molar-refractivity contribution in [3.8, 4) is 5.75 Å². The zero-order valence-corrected chi connectivity index (χ0v) is 21.1. The monoisotopic (exact) mass is 505 g/mol. The van der Waals surface area contributed by atoms with Gasteiger partial charge in [0.15, 0.2) is 6.10 Å². The Morgan fingerprint density at radius 1 is 0.943 bits per heavy atom. The lowest BCUT2D eigenvalue weighted by molar-refractivity contribution is 0.0299. The first-order chi connectivity index (χ1) is 16.6. The van der Waals surface area contributed by atoms with E-state index in [1.165, 1.54) is 6.42 Å². The Balaban J connectivity index is 0.00000432. The summed E-state index contributed by atoms with van der Waals surface area (Å²) in [6.45, 7) is 5.00. The predicted octanol–water partition coefficient (Wildman–Crippen LogP) is 5.94. The molecule has 1 atom stereocenters. The second-order valence-corrected chi connectivity index (χ2v) is 8.30. The number of ether oxygens (including phenoxy) is 3. The second-order valence-electron chi connectivity index (χ2n) is 8.30. The van der Waals surface area contributed by atoms with Crippen LogP contribution in [0.5, 0.6) is 5.75 Å². The number of nitrogens with one attached hydrogen (secondary N) is 2. The van der Waals surface area contributed by atoms with Crippen molar-refractivity contribution in [2.45, 2.75) is 45.1 Å². The number of hydrogen-bond donors (Lipinski definition) is 2. The van der Waals surface area contributed by atoms with Gasteiger partial charge in [-0.15, -0.1) is 12.4 Å². The first-order valence-corrected chi connectivity index (χ1v) is 12.0. The van der Waals surface area contributed by atoms with Crippen LogP contribution in [0.2, 0.25) is 0 Å². The molecule has 8 nitrogen and oxygen atoms in total. The minimum Gasteiger partial charge on any atom is -0.491 e. The number of nitrogens with zero attached hydrogens (tertiary/aromatic N) is 1. The van der Waals surface area contributed by atoms with Gasteiger partial charge in [-0.1, -0.05) is 50.1 Å². The molecule has 3 rings (SSSR count). The van der Waals surface area contributed by atoms with Gasteiger partial charge >= 0.3 is 12.2 Å². The zero-order valence-electron chi connectivity index (χ0n) is 20.2. The molecule has 0 aliphatic carbocycles. The number of carbonyl (C=O) groups is 2. The van der Waals surface area contributed by atoms with E-state index in [4.69, 9.17) is 14.2 Å². The molecule has 0 aromatic heterocycles. The van der Waals surface area contributed by atoms with E-state index in [0.29, 0.717) is 30.3 Å². The molecule has 2 aromatic carbocycles. The molecule has 0 radical (unpaired) electrons. The van der Waals surface area contributed by atoms with Crippen molar-refractivity contribution in [2.24, 2.45) is 0 Å². The van der Waals surface area contributed by atoms with Crippen molar-refractivity contribution >= 4 is 36.0 Å². The van der Waals surface area contributed by atoms with Gasteiger partial charge in [0, 0.05) is 12.2 Å². The van der Waals surface area contributed by atoms with Crippen LogP contribution in [0.15, 0.2) is 54.6 Å². The van der Waals surface area contributed by atoms with Crippen LogP contribution < -0.4 is 15.4 Å². The van der Waals surface area contributed by atoms with Crippen LogP contribution in [0.25, 0.3) is 0 Å². The third-order valence-electron chi connectivity index (χ3n) is 5.48. The Morgan fingerprint density at radius 2 is 1.66 bits per heavy atom. The lowest BCUT2D eigenvalue weighted by Gasteiger charge is -2.30. The Kier molecular flexibility index (Phi) is 12.8. The molecule has 192 valence electrons. The number of likely N-dealkylation sites (tertiary alicyclic amines) is 1. The summed E-state index contributed by atoms with van der Waals surface area (Å²) >= 11 is 0. The molecule has 2 N–H and O–H groups in total. The summed E-state index contributed by atoms with van der Waals surface area (Å²) in [5, 5.41) is 5.45. The van der Waals surface area contributed by atoms with Crippen LogP contribution >= 0.6 is 12.4 Å². The average molecular weight is 506 g/mol. The topological polar surface area (TPSA) is 89.1 Å². The summed E-state index contributed by atoms with van der Waals surface area (Å²) in [5.74, 6) is 0.594. The van der Waals surface area contributed by atoms with E-state index in [9.17, 15) is 9.59 Å². The maximum absolute atomic E-state index is 12.5. The van der Waals surface area contributed by atoms with E-state index in [-0.39, 0.29) is 19.0 Å². The van der Waals surface area contributed by atoms with Gasteiger partial charge in [-0.2, -0.15) is 0 Å². The molecule has 1 aliphatic rings. The summed E-state index contributed by atoms with van der Waals surface area (Å²) in [6, 6.07) is 16.3. The second kappa shape index (κ2) is 15.8. The van der Waals surface area contributed by atoms with Gasteiger partial charge in [0.2, 0.25) is 0 Å². The maximum Gasteiger partial charge on any atom is 0.412 e. The van der Waals surface area contributed by atoms with Gasteiger partial charge in [-0.25, -0.2) is 9.59 Å². The Labute approximate surface area is 213 Å². The standard InChI is InChI=1S/C26H35N3O5.ClH/c1-2-3-18-32-24-15-9-8-14-23(24)28-25(30)33-20-22(19-29-16-10-5-11-17-29)34-26(31)27-21-12-6-4-7-13-21;/h4,6-9,12-15,22H,2-3,5,10-11,16-20H2,1H3,(H,27,31)(H,28,30);1H. The fourth-order valence-electron chi connectivity index (χ4n) is 3.71. The molecule has 2 aromatic rings. The number of para-hydroxylation sites is 3. The molecule has 1 unspecified atom stereocenters. The smallest absolute Gasteiger partial charge is 0.412 e. The number of halogens is 1. The third kappa shape index (κ3) is 10.4. The van der Waals surface area contributed by atoms with Crippen LogP contribution in [0.1, 0.15) is 39.0 Å². The van der Waals surface area contributed by atoms with Gasteiger partial charge in [-0.3, -0.25) is 15.5 Å². The minimum absolute atomic E-state index is 0. The molecule has 0 bridgehead atoms. The van der Waals surface area contributed by atoms with Gasteiger partial charge in [0.1, 0.15) is 12.4 Å². The Hall–Kier alpha value is -2.97. The van der Waals surface area contributed by atoms with Crippen molar-refractivity contribution in [1.29, 1.82) is 0 Å². The SMILES string of the molecule is CCCCOc1ccccc1NC(=O)OCC(CN1CCCCC1)OC(=O)Nc1ccccc1.Cl. The van der Waals surface area contributed by atoms with Gasteiger partial charge in [0.25, 0.3) is 0 Å². The summed E-state index contributed by atoms with van der Waals surface area (Å²) in [6.07, 6.45) is 3.58. The van der Waals surface area contributed by atoms with Gasteiger partial charge < -0.3 is 14.2 Å². The lowest BCUT2D eigenvalue weighted by atomic mass is 10.1. The molecular formula is C26H36ClN3O5. The molecule has 0 spiro atoms. The van der Waals surface area contributed by atoms with E-state index in [1.54, 1.807) is 18.2 Å². The largest absolute Gasteiger partial charge is 0.491 e. The van der Waals surface area contributed by atoms with E-state index in [1.807, 2.05) is 36.4 Å². The maximum atomic E-state index is 12.5. The Morgan fingerprint density at radius 3 is 2.40 bits per heavy atom. The normalized spacial score (nSPS) is 14.2. The third-order valence-corrected chi connectivity index (χ3v) is 5.48. The van der Waals surface area contributed by atoms with E-state index in [0.717, 1.165) is 38.8 Å². The first kappa shape index (κ1) is 28.3. The van der Waals surface area contributed by atoms with Crippen LogP contribution in [0.4, 0.5) is 21.0 Å². The molecule has 9 heteroatoms. The number of anilines is 2. The number of amides is 2. The summed E-state index contributed by atoms with van der Waals surface area (Å²) in [4.78, 5) is 27.2. The van der Waals surface area contributed by atoms with Crippen molar-refractivity contribution < 1.29 is 23.8 Å². The molecule has 2 amide bonds. The molecule has 1 fully saturated rings. The fraction of sp³-hybridized carbons (Fsp3) is 0.462. The molecule has 35 heavy (non-hydrogen) atoms. The van der Waals surface area contributed by atoms with E-state index >= 15 is 0 Å². The van der Waals surface area contributed by atoms with Crippen LogP contribution in [0, 0.1) is 0 Å². The highest BCUT2D eigenvalue weighted by atomic mass is 35.5. The summed E-state index contributed by atoms with van der Waals surface area (Å²) in [7, 11) is 0. The van der Waals surface area contributed by atoms with Gasteiger partial charge in [-0.05, 0) is 56.6 Å². The van der Waals surface area contributed by atoms with Crippen LogP contribution in [0.3, 0.4) is 0 Å². The van der Waals surface area contributed by atoms with Crippen molar-refractivity contribution in [3.05, 3.63) is 54.6 Å². The van der Waals surface area contributed by atoms with E-state index < -0.39 is 18.3 Å². The first-order valence-electron chi connectivity index (χ1n) is 12.0. The highest BCUT2D eigenvalue weighted by Gasteiger charge is 2.22. The van der Waals surface area contributed by atoms with Crippen molar-refractivity contribution in [1.82, 2.24) is 4.90 Å². The number of carbonyl (C=O) groups excluding carboxylic acids is 2. The minimum atomic E-state index is -0.623. The van der Waals surface area contributed by atoms with E-state index in [2.05, 4.69) is 22.5 Å².